The average Bonchev–Trinajstić information content (AvgIpc) is 2.67. The van der Waals surface area contributed by atoms with Crippen molar-refractivity contribution in [2.45, 2.75) is 6.61 Å². The van der Waals surface area contributed by atoms with Crippen molar-refractivity contribution >= 4 is 27.8 Å². The lowest BCUT2D eigenvalue weighted by Crippen LogP contribution is -2.12. The average molecular weight is 312 g/mol. The maximum Gasteiger partial charge on any atom is 0.410 e. The van der Waals surface area contributed by atoms with Crippen molar-refractivity contribution in [2.24, 2.45) is 0 Å². The summed E-state index contributed by atoms with van der Waals surface area (Å²) >= 11 is 3.22. The van der Waals surface area contributed by atoms with Gasteiger partial charge in [0.1, 0.15) is 5.69 Å². The lowest BCUT2D eigenvalue weighted by atomic mass is 10.3. The van der Waals surface area contributed by atoms with E-state index in [2.05, 4.69) is 26.3 Å². The maximum atomic E-state index is 10.8. The molecule has 94 valence electrons. The van der Waals surface area contributed by atoms with E-state index in [0.29, 0.717) is 15.9 Å². The Hall–Kier alpha value is -1.86. The summed E-state index contributed by atoms with van der Waals surface area (Å²) < 4.78 is 1.85. The first-order valence-corrected chi connectivity index (χ1v) is 5.86. The van der Waals surface area contributed by atoms with Gasteiger partial charge in [-0.15, -0.1) is 0 Å². The van der Waals surface area contributed by atoms with E-state index in [0.717, 1.165) is 0 Å². The summed E-state index contributed by atoms with van der Waals surface area (Å²) in [5.74, 6) is 0.262. The quantitative estimate of drug-likeness (QED) is 0.811. The number of aliphatic hydroxyl groups excluding tert-OH is 1. The maximum absolute atomic E-state index is 10.8. The zero-order valence-corrected chi connectivity index (χ0v) is 10.8. The molecule has 1 heterocycles. The van der Waals surface area contributed by atoms with Crippen molar-refractivity contribution < 1.29 is 15.0 Å². The number of hydrogen-bond acceptors (Lipinski definition) is 3. The van der Waals surface area contributed by atoms with Gasteiger partial charge < -0.3 is 10.2 Å². The number of carbonyl (C=O) groups is 1. The van der Waals surface area contributed by atoms with Crippen LogP contribution in [0.5, 0.6) is 0 Å². The van der Waals surface area contributed by atoms with Crippen molar-refractivity contribution in [3.8, 4) is 5.69 Å². The monoisotopic (exact) mass is 311 g/mol. The third-order valence-electron chi connectivity index (χ3n) is 2.27. The topological polar surface area (TPSA) is 87.4 Å². The molecule has 0 aliphatic heterocycles. The second kappa shape index (κ2) is 5.19. The highest BCUT2D eigenvalue weighted by molar-refractivity contribution is 9.10. The fraction of sp³-hybridized carbons (Fsp3) is 0.0909. The van der Waals surface area contributed by atoms with Crippen LogP contribution in [0.1, 0.15) is 5.69 Å². The van der Waals surface area contributed by atoms with Crippen LogP contribution < -0.4 is 5.32 Å². The molecule has 3 N–H and O–H groups in total. The minimum atomic E-state index is -1.20. The zero-order valence-electron chi connectivity index (χ0n) is 9.17. The Bertz CT molecular complexity index is 568. The number of hydrogen-bond donors (Lipinski definition) is 3. The van der Waals surface area contributed by atoms with Gasteiger partial charge in [0.25, 0.3) is 0 Å². The van der Waals surface area contributed by atoms with E-state index in [1.165, 1.54) is 4.68 Å². The summed E-state index contributed by atoms with van der Waals surface area (Å²) in [6.45, 7) is -0.283. The first-order chi connectivity index (χ1) is 8.63. The van der Waals surface area contributed by atoms with E-state index in [9.17, 15) is 4.79 Å². The molecule has 0 radical (unpaired) electrons. The molecule has 0 saturated carbocycles. The van der Waals surface area contributed by atoms with Gasteiger partial charge in [-0.3, -0.25) is 5.32 Å². The molecule has 6 nitrogen and oxygen atoms in total. The Morgan fingerprint density at radius 2 is 2.06 bits per heavy atom. The molecule has 0 fully saturated rings. The molecule has 18 heavy (non-hydrogen) atoms. The van der Waals surface area contributed by atoms with E-state index in [4.69, 9.17) is 10.2 Å². The number of anilines is 1. The first kappa shape index (κ1) is 12.6. The van der Waals surface area contributed by atoms with Crippen LogP contribution in [0, 0.1) is 0 Å². The number of benzene rings is 1. The van der Waals surface area contributed by atoms with Crippen LogP contribution in [-0.4, -0.2) is 26.1 Å². The molecule has 0 bridgehead atoms. The number of rotatable bonds is 3. The first-order valence-electron chi connectivity index (χ1n) is 5.07. The highest BCUT2D eigenvalue weighted by Gasteiger charge is 2.17. The van der Waals surface area contributed by atoms with Gasteiger partial charge in [0.05, 0.1) is 16.8 Å². The van der Waals surface area contributed by atoms with Crippen LogP contribution in [0.25, 0.3) is 5.69 Å². The van der Waals surface area contributed by atoms with E-state index in [1.54, 1.807) is 12.1 Å². The highest BCUT2D eigenvalue weighted by Crippen LogP contribution is 2.29. The Balaban J connectivity index is 2.55. The zero-order chi connectivity index (χ0) is 13.1. The van der Waals surface area contributed by atoms with Crippen LogP contribution in [0.4, 0.5) is 10.6 Å². The summed E-state index contributed by atoms with van der Waals surface area (Å²) in [7, 11) is 0. The predicted molar refractivity (Wildman–Crippen MR) is 68.8 cm³/mol. The summed E-state index contributed by atoms with van der Waals surface area (Å²) in [4.78, 5) is 10.8. The van der Waals surface area contributed by atoms with Gasteiger partial charge in [-0.1, -0.05) is 18.2 Å². The molecule has 0 spiro atoms. The molecule has 0 atom stereocenters. The molecule has 0 unspecified atom stereocenters. The van der Waals surface area contributed by atoms with Gasteiger partial charge in [0, 0.05) is 0 Å². The lowest BCUT2D eigenvalue weighted by molar-refractivity contribution is 0.209. The van der Waals surface area contributed by atoms with Crippen molar-refractivity contribution in [3.63, 3.8) is 0 Å². The van der Waals surface area contributed by atoms with E-state index >= 15 is 0 Å². The van der Waals surface area contributed by atoms with Crippen molar-refractivity contribution in [1.82, 2.24) is 9.78 Å². The fourth-order valence-corrected chi connectivity index (χ4v) is 1.98. The van der Waals surface area contributed by atoms with Crippen molar-refractivity contribution in [3.05, 3.63) is 40.5 Å². The van der Waals surface area contributed by atoms with Gasteiger partial charge in [-0.25, -0.2) is 9.48 Å². The van der Waals surface area contributed by atoms with Gasteiger partial charge in [-0.2, -0.15) is 5.10 Å². The van der Waals surface area contributed by atoms with Crippen LogP contribution in [-0.2, 0) is 6.61 Å². The molecular weight excluding hydrogens is 302 g/mol. The summed E-state index contributed by atoms with van der Waals surface area (Å²) in [5.41, 5.74) is 1.06. The number of nitrogens with zero attached hydrogens (tertiary/aromatic N) is 2. The Kier molecular flexibility index (Phi) is 3.63. The van der Waals surface area contributed by atoms with Gasteiger partial charge >= 0.3 is 6.09 Å². The number of aliphatic hydroxyl groups is 1. The van der Waals surface area contributed by atoms with Gasteiger partial charge in [0.2, 0.25) is 0 Å². The molecular formula is C11H10BrN3O3. The third kappa shape index (κ3) is 2.36. The standard InChI is InChI=1S/C11H10BrN3O3/c12-9-8(6-16)14-15(10(9)13-11(17)18)7-4-2-1-3-5-7/h1-5,13,16H,6H2,(H,17,18). The second-order valence-corrected chi connectivity index (χ2v) is 4.24. The predicted octanol–water partition coefficient (Wildman–Crippen LogP) is 2.22. The molecule has 0 saturated heterocycles. The fourth-order valence-electron chi connectivity index (χ4n) is 1.51. The molecule has 2 rings (SSSR count). The molecule has 1 aromatic carbocycles. The van der Waals surface area contributed by atoms with E-state index in [1.807, 2.05) is 18.2 Å². The van der Waals surface area contributed by atoms with E-state index < -0.39 is 6.09 Å². The Labute approximate surface area is 111 Å². The van der Waals surface area contributed by atoms with Crippen LogP contribution in [0.3, 0.4) is 0 Å². The number of para-hydroxylation sites is 1. The van der Waals surface area contributed by atoms with Crippen LogP contribution in [0.2, 0.25) is 0 Å². The Morgan fingerprint density at radius 1 is 1.39 bits per heavy atom. The van der Waals surface area contributed by atoms with Crippen LogP contribution >= 0.6 is 15.9 Å². The highest BCUT2D eigenvalue weighted by atomic mass is 79.9. The molecule has 7 heteroatoms. The number of halogens is 1. The number of aromatic nitrogens is 2. The minimum absolute atomic E-state index is 0.262. The SMILES string of the molecule is O=C(O)Nc1c(Br)c(CO)nn1-c1ccccc1. The normalized spacial score (nSPS) is 10.3. The molecule has 0 aliphatic carbocycles. The third-order valence-corrected chi connectivity index (χ3v) is 3.10. The molecule has 0 aliphatic rings. The lowest BCUT2D eigenvalue weighted by Gasteiger charge is -2.06. The summed E-state index contributed by atoms with van der Waals surface area (Å²) in [6, 6.07) is 9.04. The molecule has 2 aromatic rings. The van der Waals surface area contributed by atoms with Crippen molar-refractivity contribution in [2.75, 3.05) is 5.32 Å². The molecule has 1 amide bonds. The van der Waals surface area contributed by atoms with Crippen LogP contribution in [0.15, 0.2) is 34.8 Å². The minimum Gasteiger partial charge on any atom is -0.465 e. The van der Waals surface area contributed by atoms with Crippen molar-refractivity contribution in [1.29, 1.82) is 0 Å². The summed E-state index contributed by atoms with van der Waals surface area (Å²) in [5, 5.41) is 24.4. The van der Waals surface area contributed by atoms with E-state index in [-0.39, 0.29) is 12.4 Å². The smallest absolute Gasteiger partial charge is 0.410 e. The number of carboxylic acid groups (broad SMARTS) is 1. The van der Waals surface area contributed by atoms with Gasteiger partial charge in [-0.05, 0) is 28.1 Å². The van der Waals surface area contributed by atoms with Gasteiger partial charge in [0.15, 0.2) is 5.82 Å². The number of amides is 1. The summed E-state index contributed by atoms with van der Waals surface area (Å²) in [6.07, 6.45) is -1.20. The number of nitrogens with one attached hydrogen (secondary N) is 1. The Morgan fingerprint density at radius 3 is 2.61 bits per heavy atom. The second-order valence-electron chi connectivity index (χ2n) is 3.44. The largest absolute Gasteiger partial charge is 0.465 e. The molecule has 1 aromatic heterocycles.